The molecule has 9 nitrogen and oxygen atoms in total. The monoisotopic (exact) mass is 420 g/mol. The minimum absolute atomic E-state index is 0.0693. The topological polar surface area (TPSA) is 134 Å². The van der Waals surface area contributed by atoms with Gasteiger partial charge in [-0.2, -0.15) is 0 Å². The zero-order chi connectivity index (χ0) is 20.1. The zero-order valence-corrected chi connectivity index (χ0v) is 15.8. The van der Waals surface area contributed by atoms with Crippen LogP contribution in [0.2, 0.25) is 5.02 Å². The van der Waals surface area contributed by atoms with Gasteiger partial charge < -0.3 is 14.9 Å². The van der Waals surface area contributed by atoms with Gasteiger partial charge in [-0.25, -0.2) is 0 Å². The van der Waals surface area contributed by atoms with Crippen LogP contribution < -0.4 is 10.5 Å². The second kappa shape index (κ2) is 8.72. The largest absolute Gasteiger partial charge is 0.484 e. The summed E-state index contributed by atoms with van der Waals surface area (Å²) < 4.78 is 11.0. The van der Waals surface area contributed by atoms with Gasteiger partial charge in [0.1, 0.15) is 5.75 Å². The van der Waals surface area contributed by atoms with E-state index >= 15 is 0 Å². The Hall–Kier alpha value is -3.11. The van der Waals surface area contributed by atoms with Crippen LogP contribution in [-0.4, -0.2) is 21.0 Å². The van der Waals surface area contributed by atoms with Crippen molar-refractivity contribution in [3.05, 3.63) is 74.6 Å². The number of ether oxygens (including phenoxy) is 1. The molecule has 0 radical (unpaired) electrons. The average molecular weight is 421 g/mol. The standard InChI is InChI=1S/C17H13ClN4O5S/c18-12-3-5-13(6-4-12)26-8-15-20-21-17(27-15)28-9-11-2-1-10(16(19)23)7-14(11)22(24)25/h1-7H,8-9H2,(H2,19,23). The molecule has 3 rings (SSSR count). The highest BCUT2D eigenvalue weighted by atomic mass is 35.5. The molecule has 1 heterocycles. The van der Waals surface area contributed by atoms with Crippen molar-refractivity contribution in [2.45, 2.75) is 17.6 Å². The van der Waals surface area contributed by atoms with Crippen LogP contribution in [0.1, 0.15) is 21.8 Å². The van der Waals surface area contributed by atoms with Gasteiger partial charge in [0.2, 0.25) is 5.91 Å². The highest BCUT2D eigenvalue weighted by Crippen LogP contribution is 2.28. The van der Waals surface area contributed by atoms with E-state index in [2.05, 4.69) is 10.2 Å². The lowest BCUT2D eigenvalue weighted by molar-refractivity contribution is -0.385. The maximum absolute atomic E-state index is 11.2. The van der Waals surface area contributed by atoms with Crippen LogP contribution in [-0.2, 0) is 12.4 Å². The average Bonchev–Trinajstić information content (AvgIpc) is 3.13. The van der Waals surface area contributed by atoms with Gasteiger partial charge in [0.25, 0.3) is 16.8 Å². The number of rotatable bonds is 8. The second-order valence-electron chi connectivity index (χ2n) is 5.46. The molecule has 2 aromatic carbocycles. The number of hydrogen-bond donors (Lipinski definition) is 1. The van der Waals surface area contributed by atoms with Gasteiger partial charge in [0.05, 0.1) is 4.92 Å². The molecular weight excluding hydrogens is 408 g/mol. The fraction of sp³-hybridized carbons (Fsp3) is 0.118. The first-order valence-corrected chi connectivity index (χ1v) is 9.19. The van der Waals surface area contributed by atoms with Crippen molar-refractivity contribution >= 4 is 35.0 Å². The summed E-state index contributed by atoms with van der Waals surface area (Å²) >= 11 is 6.94. The molecule has 3 aromatic rings. The number of nitrogens with zero attached hydrogens (tertiary/aromatic N) is 3. The molecule has 0 saturated heterocycles. The SMILES string of the molecule is NC(=O)c1ccc(CSc2nnc(COc3ccc(Cl)cc3)o2)c([N+](=O)[O-])c1. The predicted molar refractivity (Wildman–Crippen MR) is 101 cm³/mol. The molecular formula is C17H13ClN4O5S. The number of benzene rings is 2. The van der Waals surface area contributed by atoms with Crippen molar-refractivity contribution in [3.63, 3.8) is 0 Å². The highest BCUT2D eigenvalue weighted by molar-refractivity contribution is 7.98. The number of nitro groups is 1. The molecule has 0 spiro atoms. The minimum Gasteiger partial charge on any atom is -0.484 e. The molecule has 0 fully saturated rings. The van der Waals surface area contributed by atoms with Gasteiger partial charge in [0, 0.05) is 28.0 Å². The van der Waals surface area contributed by atoms with E-state index in [9.17, 15) is 14.9 Å². The fourth-order valence-corrected chi connectivity index (χ4v) is 3.08. The molecule has 28 heavy (non-hydrogen) atoms. The maximum atomic E-state index is 11.2. The van der Waals surface area contributed by atoms with Crippen molar-refractivity contribution < 1.29 is 18.9 Å². The quantitative estimate of drug-likeness (QED) is 0.331. The van der Waals surface area contributed by atoms with Crippen molar-refractivity contribution in [1.82, 2.24) is 10.2 Å². The summed E-state index contributed by atoms with van der Waals surface area (Å²) in [4.78, 5) is 21.8. The number of carbonyl (C=O) groups excluding carboxylic acids is 1. The smallest absolute Gasteiger partial charge is 0.277 e. The van der Waals surface area contributed by atoms with Crippen molar-refractivity contribution in [2.75, 3.05) is 0 Å². The minimum atomic E-state index is -0.732. The zero-order valence-electron chi connectivity index (χ0n) is 14.2. The van der Waals surface area contributed by atoms with Crippen molar-refractivity contribution in [3.8, 4) is 5.75 Å². The van der Waals surface area contributed by atoms with E-state index < -0.39 is 10.8 Å². The Morgan fingerprint density at radius 3 is 2.68 bits per heavy atom. The molecule has 11 heteroatoms. The van der Waals surface area contributed by atoms with Crippen LogP contribution >= 0.6 is 23.4 Å². The summed E-state index contributed by atoms with van der Waals surface area (Å²) in [5.41, 5.74) is 5.43. The van der Waals surface area contributed by atoms with E-state index in [1.807, 2.05) is 0 Å². The van der Waals surface area contributed by atoms with Gasteiger partial charge in [-0.05, 0) is 30.3 Å². The predicted octanol–water partition coefficient (Wildman–Crippen LogP) is 3.60. The number of primary amides is 1. The molecule has 2 N–H and O–H groups in total. The van der Waals surface area contributed by atoms with Gasteiger partial charge in [-0.1, -0.05) is 29.4 Å². The maximum Gasteiger partial charge on any atom is 0.277 e. The summed E-state index contributed by atoms with van der Waals surface area (Å²) in [5.74, 6) is 0.331. The lowest BCUT2D eigenvalue weighted by atomic mass is 10.1. The van der Waals surface area contributed by atoms with E-state index in [0.717, 1.165) is 17.8 Å². The van der Waals surface area contributed by atoms with Gasteiger partial charge >= 0.3 is 0 Å². The Morgan fingerprint density at radius 2 is 2.00 bits per heavy atom. The number of halogens is 1. The van der Waals surface area contributed by atoms with Crippen LogP contribution in [0.5, 0.6) is 5.75 Å². The molecule has 0 aliphatic carbocycles. The van der Waals surface area contributed by atoms with Gasteiger partial charge in [-0.15, -0.1) is 10.2 Å². The van der Waals surface area contributed by atoms with Crippen molar-refractivity contribution in [1.29, 1.82) is 0 Å². The number of nitrogens with two attached hydrogens (primary N) is 1. The molecule has 0 aliphatic heterocycles. The number of amides is 1. The second-order valence-corrected chi connectivity index (χ2v) is 6.82. The van der Waals surface area contributed by atoms with Crippen LogP contribution in [0.3, 0.4) is 0 Å². The molecule has 1 amide bonds. The van der Waals surface area contributed by atoms with E-state index in [1.165, 1.54) is 12.1 Å². The highest BCUT2D eigenvalue weighted by Gasteiger charge is 2.18. The molecule has 144 valence electrons. The van der Waals surface area contributed by atoms with Gasteiger partial charge in [-0.3, -0.25) is 14.9 Å². The number of hydrogen-bond acceptors (Lipinski definition) is 8. The lowest BCUT2D eigenvalue weighted by Gasteiger charge is -2.03. The van der Waals surface area contributed by atoms with Gasteiger partial charge in [0.15, 0.2) is 6.61 Å². The summed E-state index contributed by atoms with van der Waals surface area (Å²) in [7, 11) is 0. The Labute approximate surface area is 168 Å². The van der Waals surface area contributed by atoms with Crippen molar-refractivity contribution in [2.24, 2.45) is 5.73 Å². The Morgan fingerprint density at radius 1 is 1.25 bits per heavy atom. The Kier molecular flexibility index (Phi) is 6.12. The Balaban J connectivity index is 1.62. The van der Waals surface area contributed by atoms with Crippen LogP contribution in [0.4, 0.5) is 5.69 Å². The van der Waals surface area contributed by atoms with E-state index in [1.54, 1.807) is 24.3 Å². The number of nitro benzene ring substituents is 1. The van der Waals surface area contributed by atoms with Crippen LogP contribution in [0.25, 0.3) is 0 Å². The summed E-state index contributed by atoms with van der Waals surface area (Å²) in [5, 5.41) is 19.8. The number of carbonyl (C=O) groups is 1. The third-order valence-electron chi connectivity index (χ3n) is 3.54. The normalized spacial score (nSPS) is 10.6. The first kappa shape index (κ1) is 19.6. The fourth-order valence-electron chi connectivity index (χ4n) is 2.18. The molecule has 0 aliphatic rings. The molecule has 0 saturated carbocycles. The van der Waals surface area contributed by atoms with Crippen LogP contribution in [0, 0.1) is 10.1 Å². The number of thioether (sulfide) groups is 1. The Bertz CT molecular complexity index is 1010. The molecule has 0 unspecified atom stereocenters. The first-order chi connectivity index (χ1) is 13.4. The molecule has 0 bridgehead atoms. The third kappa shape index (κ3) is 4.99. The van der Waals surface area contributed by atoms with E-state index in [-0.39, 0.29) is 34.7 Å². The van der Waals surface area contributed by atoms with E-state index in [0.29, 0.717) is 16.3 Å². The lowest BCUT2D eigenvalue weighted by Crippen LogP contribution is -2.11. The molecule has 1 aromatic heterocycles. The summed E-state index contributed by atoms with van der Waals surface area (Å²) in [6.45, 7) is 0.0721. The summed E-state index contributed by atoms with van der Waals surface area (Å²) in [6.07, 6.45) is 0. The van der Waals surface area contributed by atoms with Crippen LogP contribution in [0.15, 0.2) is 52.1 Å². The third-order valence-corrected chi connectivity index (χ3v) is 4.66. The molecule has 0 atom stereocenters. The number of aromatic nitrogens is 2. The summed E-state index contributed by atoms with van der Waals surface area (Å²) in [6, 6.07) is 10.9. The van der Waals surface area contributed by atoms with E-state index in [4.69, 9.17) is 26.5 Å². The first-order valence-electron chi connectivity index (χ1n) is 7.83.